The molecule has 0 spiro atoms. The molecule has 0 aliphatic heterocycles. The summed E-state index contributed by atoms with van der Waals surface area (Å²) >= 11 is 0. The molecule has 1 aromatic rings. The molecule has 118 valence electrons. The summed E-state index contributed by atoms with van der Waals surface area (Å²) in [4.78, 5) is 23.3. The molecule has 5 heteroatoms. The van der Waals surface area contributed by atoms with Crippen molar-refractivity contribution in [3.05, 3.63) is 42.0 Å². The molecule has 5 nitrogen and oxygen atoms in total. The third-order valence-corrected chi connectivity index (χ3v) is 3.60. The molecular weight excluding hydrogens is 280 g/mol. The number of amides is 2. The van der Waals surface area contributed by atoms with Gasteiger partial charge in [-0.2, -0.15) is 0 Å². The van der Waals surface area contributed by atoms with E-state index in [0.717, 1.165) is 19.3 Å². The number of carbonyl (C=O) groups is 2. The van der Waals surface area contributed by atoms with E-state index in [1.165, 1.54) is 5.56 Å². The Bertz CT molecular complexity index is 537. The van der Waals surface area contributed by atoms with Crippen molar-refractivity contribution < 1.29 is 14.3 Å². The second-order valence-electron chi connectivity index (χ2n) is 5.35. The second kappa shape index (κ2) is 8.22. The number of aryl methyl sites for hydroxylation is 1. The average Bonchev–Trinajstić information content (AvgIpc) is 3.04. The first-order chi connectivity index (χ1) is 10.7. The van der Waals surface area contributed by atoms with Gasteiger partial charge >= 0.3 is 0 Å². The molecule has 1 aliphatic carbocycles. The van der Waals surface area contributed by atoms with Crippen LogP contribution in [0.5, 0.6) is 5.75 Å². The first-order valence-electron chi connectivity index (χ1n) is 7.63. The molecule has 2 amide bonds. The lowest BCUT2D eigenvalue weighted by Gasteiger charge is -2.10. The number of benzene rings is 1. The Hall–Kier alpha value is -2.30. The van der Waals surface area contributed by atoms with Crippen LogP contribution >= 0.6 is 0 Å². The van der Waals surface area contributed by atoms with E-state index in [4.69, 9.17) is 4.74 Å². The summed E-state index contributed by atoms with van der Waals surface area (Å²) in [5.41, 5.74) is 5.99. The zero-order valence-corrected chi connectivity index (χ0v) is 12.8. The van der Waals surface area contributed by atoms with Crippen molar-refractivity contribution in [3.8, 4) is 5.75 Å². The van der Waals surface area contributed by atoms with Crippen molar-refractivity contribution >= 4 is 11.8 Å². The molecule has 0 aromatic heterocycles. The van der Waals surface area contributed by atoms with E-state index in [-0.39, 0.29) is 24.3 Å². The quantitative estimate of drug-likeness (QED) is 0.625. The molecule has 0 bridgehead atoms. The first kappa shape index (κ1) is 16.1. The Morgan fingerprint density at radius 2 is 1.91 bits per heavy atom. The van der Waals surface area contributed by atoms with Gasteiger partial charge in [0.2, 0.25) is 5.91 Å². The monoisotopic (exact) mass is 302 g/mol. The summed E-state index contributed by atoms with van der Waals surface area (Å²) in [6.45, 7) is 1.95. The topological polar surface area (TPSA) is 67.4 Å². The predicted molar refractivity (Wildman–Crippen MR) is 84.1 cm³/mol. The van der Waals surface area contributed by atoms with E-state index in [1.54, 1.807) is 0 Å². The lowest BCUT2D eigenvalue weighted by Crippen LogP contribution is -2.44. The summed E-state index contributed by atoms with van der Waals surface area (Å²) in [5, 5.41) is 0. The Kier molecular flexibility index (Phi) is 6.01. The molecule has 0 saturated carbocycles. The molecule has 0 fully saturated rings. The van der Waals surface area contributed by atoms with Gasteiger partial charge in [-0.05, 0) is 42.9 Å². The Morgan fingerprint density at radius 1 is 1.18 bits per heavy atom. The number of ether oxygens (including phenoxy) is 1. The molecule has 0 saturated heterocycles. The molecule has 1 aromatic carbocycles. The number of hydrogen-bond donors (Lipinski definition) is 2. The number of hydrogen-bond acceptors (Lipinski definition) is 3. The number of rotatable bonds is 6. The van der Waals surface area contributed by atoms with Gasteiger partial charge in [0.05, 0.1) is 0 Å². The van der Waals surface area contributed by atoms with Gasteiger partial charge in [0.25, 0.3) is 5.91 Å². The van der Waals surface area contributed by atoms with Crippen LogP contribution in [-0.4, -0.2) is 18.4 Å². The van der Waals surface area contributed by atoms with Gasteiger partial charge < -0.3 is 4.74 Å². The van der Waals surface area contributed by atoms with E-state index < -0.39 is 0 Å². The van der Waals surface area contributed by atoms with E-state index in [2.05, 4.69) is 23.9 Å². The number of hydrazine groups is 1. The van der Waals surface area contributed by atoms with E-state index >= 15 is 0 Å². The second-order valence-corrected chi connectivity index (χ2v) is 5.35. The highest BCUT2D eigenvalue weighted by Crippen LogP contribution is 2.19. The van der Waals surface area contributed by atoms with E-state index in [9.17, 15) is 9.59 Å². The lowest BCUT2D eigenvalue weighted by molar-refractivity contribution is -0.130. The fraction of sp³-hybridized carbons (Fsp3) is 0.412. The maximum Gasteiger partial charge on any atom is 0.276 e. The van der Waals surface area contributed by atoms with Crippen molar-refractivity contribution in [2.45, 2.75) is 32.6 Å². The van der Waals surface area contributed by atoms with Gasteiger partial charge in [-0.3, -0.25) is 20.4 Å². The molecular formula is C17H22N2O3. The van der Waals surface area contributed by atoms with Crippen molar-refractivity contribution in [2.24, 2.45) is 5.92 Å². The molecule has 0 radical (unpaired) electrons. The molecule has 22 heavy (non-hydrogen) atoms. The minimum atomic E-state index is -0.380. The van der Waals surface area contributed by atoms with Crippen LogP contribution in [0.2, 0.25) is 0 Å². The normalized spacial score (nSPS) is 16.3. The van der Waals surface area contributed by atoms with Crippen LogP contribution in [0.3, 0.4) is 0 Å². The van der Waals surface area contributed by atoms with Crippen LogP contribution in [0.15, 0.2) is 36.4 Å². The molecule has 1 aliphatic rings. The van der Waals surface area contributed by atoms with Crippen molar-refractivity contribution in [1.29, 1.82) is 0 Å². The summed E-state index contributed by atoms with van der Waals surface area (Å²) in [6, 6.07) is 7.59. The first-order valence-corrected chi connectivity index (χ1v) is 7.63. The van der Waals surface area contributed by atoms with E-state index in [1.807, 2.05) is 30.3 Å². The van der Waals surface area contributed by atoms with Crippen molar-refractivity contribution in [1.82, 2.24) is 10.9 Å². The number of nitrogens with one attached hydrogen (secondary N) is 2. The highest BCUT2D eigenvalue weighted by molar-refractivity contribution is 5.82. The molecule has 2 rings (SSSR count). The van der Waals surface area contributed by atoms with Gasteiger partial charge in [0.15, 0.2) is 6.61 Å². The van der Waals surface area contributed by atoms with Gasteiger partial charge in [0.1, 0.15) is 5.75 Å². The number of allylic oxidation sites excluding steroid dienone is 2. The van der Waals surface area contributed by atoms with Gasteiger partial charge in [0, 0.05) is 6.42 Å². The van der Waals surface area contributed by atoms with Crippen LogP contribution in [0.4, 0.5) is 0 Å². The average molecular weight is 302 g/mol. The van der Waals surface area contributed by atoms with Crippen LogP contribution < -0.4 is 15.6 Å². The third-order valence-electron chi connectivity index (χ3n) is 3.60. The standard InChI is InChI=1S/C17H22N2O3/c1-2-13-7-9-15(10-8-13)22-12-17(21)19-18-16(20)11-14-5-3-4-6-14/h3,5,7-10,14H,2,4,6,11-12H2,1H3,(H,18,20)(H,19,21)/t14-/m1/s1. The molecule has 0 heterocycles. The Balaban J connectivity index is 1.64. The zero-order valence-electron chi connectivity index (χ0n) is 12.8. The maximum absolute atomic E-state index is 11.6. The van der Waals surface area contributed by atoms with Gasteiger partial charge in [-0.15, -0.1) is 0 Å². The zero-order chi connectivity index (χ0) is 15.8. The van der Waals surface area contributed by atoms with Crippen LogP contribution in [-0.2, 0) is 16.0 Å². The van der Waals surface area contributed by atoms with E-state index in [0.29, 0.717) is 12.2 Å². The van der Waals surface area contributed by atoms with Crippen molar-refractivity contribution in [2.75, 3.05) is 6.61 Å². The smallest absolute Gasteiger partial charge is 0.276 e. The Labute approximate surface area is 130 Å². The minimum Gasteiger partial charge on any atom is -0.484 e. The third kappa shape index (κ3) is 5.24. The summed E-state index contributed by atoms with van der Waals surface area (Å²) in [7, 11) is 0. The lowest BCUT2D eigenvalue weighted by atomic mass is 10.1. The SMILES string of the molecule is CCc1ccc(OCC(=O)NNC(=O)C[C@@H]2C=CCC2)cc1. The summed E-state index contributed by atoms with van der Waals surface area (Å²) < 4.78 is 5.36. The number of carbonyl (C=O) groups excluding carboxylic acids is 2. The van der Waals surface area contributed by atoms with Gasteiger partial charge in [-0.1, -0.05) is 31.2 Å². The molecule has 1 atom stereocenters. The maximum atomic E-state index is 11.6. The Morgan fingerprint density at radius 3 is 2.55 bits per heavy atom. The minimum absolute atomic E-state index is 0.130. The molecule has 2 N–H and O–H groups in total. The van der Waals surface area contributed by atoms with Crippen LogP contribution in [0.1, 0.15) is 31.7 Å². The highest BCUT2D eigenvalue weighted by atomic mass is 16.5. The largest absolute Gasteiger partial charge is 0.484 e. The van der Waals surface area contributed by atoms with Crippen LogP contribution in [0.25, 0.3) is 0 Å². The predicted octanol–water partition coefficient (Wildman–Crippen LogP) is 2.13. The highest BCUT2D eigenvalue weighted by Gasteiger charge is 2.14. The fourth-order valence-electron chi connectivity index (χ4n) is 2.30. The summed E-state index contributed by atoms with van der Waals surface area (Å²) in [5.74, 6) is 0.354. The molecule has 0 unspecified atom stereocenters. The van der Waals surface area contributed by atoms with Gasteiger partial charge in [-0.25, -0.2) is 0 Å². The summed E-state index contributed by atoms with van der Waals surface area (Å²) in [6.07, 6.45) is 7.50. The fourth-order valence-corrected chi connectivity index (χ4v) is 2.30. The van der Waals surface area contributed by atoms with Crippen LogP contribution in [0, 0.1) is 5.92 Å². The van der Waals surface area contributed by atoms with Crippen molar-refractivity contribution in [3.63, 3.8) is 0 Å².